The van der Waals surface area contributed by atoms with E-state index in [-0.39, 0.29) is 6.10 Å². The molecular formula is C17H24N2OS. The fourth-order valence-electron chi connectivity index (χ4n) is 3.96. The summed E-state index contributed by atoms with van der Waals surface area (Å²) in [5.41, 5.74) is 1.16. The summed E-state index contributed by atoms with van der Waals surface area (Å²) in [7, 11) is 0. The maximum absolute atomic E-state index is 10.9. The van der Waals surface area contributed by atoms with Gasteiger partial charge in [-0.15, -0.1) is 11.3 Å². The van der Waals surface area contributed by atoms with Gasteiger partial charge < -0.3 is 5.11 Å². The molecule has 0 unspecified atom stereocenters. The lowest BCUT2D eigenvalue weighted by Crippen LogP contribution is -2.16. The van der Waals surface area contributed by atoms with Crippen molar-refractivity contribution in [2.24, 2.45) is 5.92 Å². The highest BCUT2D eigenvalue weighted by Crippen LogP contribution is 2.45. The van der Waals surface area contributed by atoms with Crippen LogP contribution in [0.15, 0.2) is 12.5 Å². The van der Waals surface area contributed by atoms with E-state index in [2.05, 4.69) is 9.38 Å². The Kier molecular flexibility index (Phi) is 3.76. The number of fused-ring (bicyclic) bond motifs is 1. The van der Waals surface area contributed by atoms with Crippen LogP contribution in [0.25, 0.3) is 4.83 Å². The average molecular weight is 304 g/mol. The second-order valence-electron chi connectivity index (χ2n) is 6.84. The summed E-state index contributed by atoms with van der Waals surface area (Å²) in [5.74, 6) is 1.40. The Morgan fingerprint density at radius 2 is 2.00 bits per heavy atom. The normalized spacial score (nSPS) is 22.5. The molecule has 3 nitrogen and oxygen atoms in total. The van der Waals surface area contributed by atoms with Crippen LogP contribution in [-0.2, 0) is 0 Å². The van der Waals surface area contributed by atoms with Gasteiger partial charge in [-0.3, -0.25) is 4.40 Å². The first-order chi connectivity index (χ1) is 10.3. The topological polar surface area (TPSA) is 37.5 Å². The van der Waals surface area contributed by atoms with E-state index >= 15 is 0 Å². The van der Waals surface area contributed by atoms with Crippen molar-refractivity contribution in [2.75, 3.05) is 0 Å². The zero-order chi connectivity index (χ0) is 14.2. The van der Waals surface area contributed by atoms with E-state index in [0.29, 0.717) is 11.8 Å². The second-order valence-corrected chi connectivity index (χ2v) is 7.90. The highest BCUT2D eigenvalue weighted by molar-refractivity contribution is 7.17. The van der Waals surface area contributed by atoms with E-state index < -0.39 is 0 Å². The number of hydrogen-bond donors (Lipinski definition) is 1. The molecule has 114 valence electrons. The van der Waals surface area contributed by atoms with Crippen LogP contribution in [0.2, 0.25) is 0 Å². The highest BCUT2D eigenvalue weighted by atomic mass is 32.1. The lowest BCUT2D eigenvalue weighted by atomic mass is 9.81. The van der Waals surface area contributed by atoms with Crippen molar-refractivity contribution >= 4 is 16.2 Å². The molecule has 0 amide bonds. The first kappa shape index (κ1) is 13.8. The highest BCUT2D eigenvalue weighted by Gasteiger charge is 2.30. The molecule has 0 saturated heterocycles. The number of nitrogens with zero attached hydrogens (tertiary/aromatic N) is 2. The van der Waals surface area contributed by atoms with Crippen molar-refractivity contribution in [1.29, 1.82) is 0 Å². The monoisotopic (exact) mass is 304 g/mol. The van der Waals surface area contributed by atoms with E-state index in [0.717, 1.165) is 12.1 Å². The third-order valence-electron chi connectivity index (χ3n) is 5.40. The van der Waals surface area contributed by atoms with Crippen LogP contribution in [0.1, 0.15) is 80.4 Å². The van der Waals surface area contributed by atoms with Gasteiger partial charge in [0.05, 0.1) is 18.0 Å². The predicted molar refractivity (Wildman–Crippen MR) is 85.8 cm³/mol. The van der Waals surface area contributed by atoms with Gasteiger partial charge in [-0.1, -0.05) is 38.5 Å². The standard InChI is InChI=1S/C17H24N2OS/c20-14(9-12-5-2-1-3-6-12)16-17(13-7-4-8-13)21-15-10-18-11-19(15)16/h10-14,20H,1-9H2/t14-/m1/s1. The molecule has 0 aliphatic heterocycles. The van der Waals surface area contributed by atoms with E-state index in [1.807, 2.05) is 23.9 Å². The van der Waals surface area contributed by atoms with Crippen LogP contribution >= 0.6 is 11.3 Å². The van der Waals surface area contributed by atoms with Gasteiger partial charge in [-0.2, -0.15) is 0 Å². The smallest absolute Gasteiger partial charge is 0.120 e. The van der Waals surface area contributed by atoms with Crippen molar-refractivity contribution in [3.05, 3.63) is 23.1 Å². The predicted octanol–water partition coefficient (Wildman–Crippen LogP) is 4.67. The molecule has 1 N–H and O–H groups in total. The lowest BCUT2D eigenvalue weighted by molar-refractivity contribution is 0.125. The lowest BCUT2D eigenvalue weighted by Gasteiger charge is -2.28. The fourth-order valence-corrected chi connectivity index (χ4v) is 5.28. The zero-order valence-corrected chi connectivity index (χ0v) is 13.3. The largest absolute Gasteiger partial charge is 0.387 e. The summed E-state index contributed by atoms with van der Waals surface area (Å²) in [6.45, 7) is 0. The molecule has 2 saturated carbocycles. The molecule has 0 radical (unpaired) electrons. The first-order valence-electron chi connectivity index (χ1n) is 8.45. The number of aliphatic hydroxyl groups excluding tert-OH is 1. The molecule has 0 bridgehead atoms. The maximum atomic E-state index is 10.9. The molecule has 1 atom stereocenters. The molecule has 0 spiro atoms. The van der Waals surface area contributed by atoms with Gasteiger partial charge in [0.2, 0.25) is 0 Å². The number of aliphatic hydroxyl groups is 1. The molecule has 4 rings (SSSR count). The summed E-state index contributed by atoms with van der Waals surface area (Å²) >= 11 is 1.85. The minimum absolute atomic E-state index is 0.313. The first-order valence-corrected chi connectivity index (χ1v) is 9.27. The van der Waals surface area contributed by atoms with Gasteiger partial charge in [0.15, 0.2) is 0 Å². The minimum atomic E-state index is -0.313. The van der Waals surface area contributed by atoms with E-state index in [4.69, 9.17) is 0 Å². The van der Waals surface area contributed by atoms with Gasteiger partial charge in [-0.05, 0) is 31.1 Å². The SMILES string of the molecule is O[C@H](CC1CCCCC1)c1c(C2CCC2)sc2cncn12. The van der Waals surface area contributed by atoms with Gasteiger partial charge in [-0.25, -0.2) is 4.98 Å². The Morgan fingerprint density at radius 1 is 1.19 bits per heavy atom. The summed E-state index contributed by atoms with van der Waals surface area (Å²) in [4.78, 5) is 6.88. The van der Waals surface area contributed by atoms with Crippen LogP contribution in [0, 0.1) is 5.92 Å². The molecule has 2 aromatic heterocycles. The molecule has 2 aromatic rings. The zero-order valence-electron chi connectivity index (χ0n) is 12.5. The Balaban J connectivity index is 1.61. The van der Waals surface area contributed by atoms with Crippen LogP contribution in [0.3, 0.4) is 0 Å². The Morgan fingerprint density at radius 3 is 2.71 bits per heavy atom. The van der Waals surface area contributed by atoms with Crippen molar-refractivity contribution in [2.45, 2.75) is 69.8 Å². The van der Waals surface area contributed by atoms with Crippen LogP contribution < -0.4 is 0 Å². The number of aromatic nitrogens is 2. The van der Waals surface area contributed by atoms with Crippen LogP contribution in [0.4, 0.5) is 0 Å². The summed E-state index contributed by atoms with van der Waals surface area (Å²) in [6.07, 6.45) is 15.0. The van der Waals surface area contributed by atoms with Crippen molar-refractivity contribution in [3.63, 3.8) is 0 Å². The van der Waals surface area contributed by atoms with Gasteiger partial charge in [0.25, 0.3) is 0 Å². The Bertz CT molecular complexity index is 607. The third-order valence-corrected chi connectivity index (χ3v) is 6.68. The van der Waals surface area contributed by atoms with Crippen molar-refractivity contribution in [3.8, 4) is 0 Å². The number of rotatable bonds is 4. The molecule has 2 heterocycles. The van der Waals surface area contributed by atoms with Crippen LogP contribution in [0.5, 0.6) is 0 Å². The second kappa shape index (κ2) is 5.73. The summed E-state index contributed by atoms with van der Waals surface area (Å²) in [5, 5.41) is 10.9. The average Bonchev–Trinajstić information content (AvgIpc) is 2.98. The molecule has 2 fully saturated rings. The molecule has 0 aromatic carbocycles. The van der Waals surface area contributed by atoms with Crippen LogP contribution in [-0.4, -0.2) is 14.5 Å². The molecule has 21 heavy (non-hydrogen) atoms. The van der Waals surface area contributed by atoms with E-state index in [9.17, 15) is 5.11 Å². The van der Waals surface area contributed by atoms with Crippen molar-refractivity contribution in [1.82, 2.24) is 9.38 Å². The van der Waals surface area contributed by atoms with Crippen molar-refractivity contribution < 1.29 is 5.11 Å². The number of thiazole rings is 1. The third kappa shape index (κ3) is 2.53. The number of hydrogen-bond acceptors (Lipinski definition) is 3. The Labute approximate surface area is 130 Å². The molecular weight excluding hydrogens is 280 g/mol. The van der Waals surface area contributed by atoms with E-state index in [1.165, 1.54) is 61.1 Å². The van der Waals surface area contributed by atoms with E-state index in [1.54, 1.807) is 0 Å². The minimum Gasteiger partial charge on any atom is -0.387 e. The Hall–Kier alpha value is -0.870. The number of imidazole rings is 1. The van der Waals surface area contributed by atoms with Gasteiger partial charge in [0.1, 0.15) is 11.2 Å². The van der Waals surface area contributed by atoms with Gasteiger partial charge >= 0.3 is 0 Å². The molecule has 2 aliphatic rings. The summed E-state index contributed by atoms with van der Waals surface area (Å²) in [6, 6.07) is 0. The molecule has 4 heteroatoms. The quantitative estimate of drug-likeness (QED) is 0.891. The molecule has 2 aliphatic carbocycles. The summed E-state index contributed by atoms with van der Waals surface area (Å²) < 4.78 is 2.14. The van der Waals surface area contributed by atoms with Gasteiger partial charge in [0, 0.05) is 4.88 Å². The fraction of sp³-hybridized carbons (Fsp3) is 0.706. The maximum Gasteiger partial charge on any atom is 0.120 e.